The molecule has 0 saturated carbocycles. The highest BCUT2D eigenvalue weighted by atomic mass is 35.5. The van der Waals surface area contributed by atoms with Gasteiger partial charge in [0.15, 0.2) is 12.7 Å². The zero-order valence-electron chi connectivity index (χ0n) is 23.9. The number of nitrogens with zero attached hydrogens (tertiary/aromatic N) is 1. The number of rotatable bonds is 11. The lowest BCUT2D eigenvalue weighted by atomic mass is 9.99. The summed E-state index contributed by atoms with van der Waals surface area (Å²) in [6.45, 7) is 2.21. The number of aryl methyl sites for hydroxylation is 2. The van der Waals surface area contributed by atoms with E-state index in [9.17, 15) is 28.3 Å². The van der Waals surface area contributed by atoms with E-state index in [1.54, 1.807) is 67.6 Å². The minimum absolute atomic E-state index is 0.0129. The number of likely N-dealkylation sites (tertiary alicyclic amines) is 1. The summed E-state index contributed by atoms with van der Waals surface area (Å²) in [6.07, 6.45) is -2.79. The molecule has 3 N–H and O–H groups in total. The number of carbonyl (C=O) groups excluding carboxylic acids is 3. The molecule has 228 valence electrons. The number of para-hydroxylation sites is 1. The predicted molar refractivity (Wildman–Crippen MR) is 158 cm³/mol. The van der Waals surface area contributed by atoms with Crippen LogP contribution < -0.4 is 15.4 Å². The molecule has 1 saturated heterocycles. The molecule has 1 heterocycles. The Morgan fingerprint density at radius 3 is 2.40 bits per heavy atom. The summed E-state index contributed by atoms with van der Waals surface area (Å²) in [5.74, 6) is -5.52. The SMILES string of the molecule is Cc1ccccc1CNC(=O)[C@@H]1CC(F)(F)CN1C(=O)[C@@H](O)[C@H](Cc1ccccc1)NC(=O)COc1c(C)cccc1Cl. The fourth-order valence-corrected chi connectivity index (χ4v) is 5.30. The van der Waals surface area contributed by atoms with Crippen molar-refractivity contribution < 1.29 is 33.0 Å². The predicted octanol–water partition coefficient (Wildman–Crippen LogP) is 3.98. The van der Waals surface area contributed by atoms with Crippen LogP contribution in [0.4, 0.5) is 8.78 Å². The maximum atomic E-state index is 14.6. The van der Waals surface area contributed by atoms with Crippen LogP contribution >= 0.6 is 11.6 Å². The van der Waals surface area contributed by atoms with Gasteiger partial charge >= 0.3 is 0 Å². The van der Waals surface area contributed by atoms with Crippen LogP contribution in [0.1, 0.15) is 28.7 Å². The Bertz CT molecular complexity index is 1440. The largest absolute Gasteiger partial charge is 0.482 e. The molecule has 1 aliphatic heterocycles. The molecule has 0 bridgehead atoms. The minimum atomic E-state index is -3.33. The number of carbonyl (C=O) groups is 3. The molecule has 43 heavy (non-hydrogen) atoms. The summed E-state index contributed by atoms with van der Waals surface area (Å²) in [4.78, 5) is 40.2. The summed E-state index contributed by atoms with van der Waals surface area (Å²) < 4.78 is 34.8. The summed E-state index contributed by atoms with van der Waals surface area (Å²) in [5.41, 5.74) is 3.11. The monoisotopic (exact) mass is 613 g/mol. The second-order valence-corrected chi connectivity index (χ2v) is 11.1. The standard InChI is InChI=1S/C32H34ClF2N3O5/c1-20-9-6-7-13-23(20)17-36-30(41)26-16-32(34,35)19-38(26)31(42)28(40)25(15-22-11-4-3-5-12-22)37-27(39)18-43-29-21(2)10-8-14-24(29)33/h3-14,25-26,28,40H,15-19H2,1-2H3,(H,36,41)(H,37,39)/t25-,26-,28-/m0/s1. The van der Waals surface area contributed by atoms with E-state index in [1.165, 1.54) is 0 Å². The smallest absolute Gasteiger partial charge is 0.267 e. The van der Waals surface area contributed by atoms with Crippen molar-refractivity contribution in [2.24, 2.45) is 0 Å². The Morgan fingerprint density at radius 2 is 1.70 bits per heavy atom. The molecule has 1 fully saturated rings. The van der Waals surface area contributed by atoms with Gasteiger partial charge in [-0.3, -0.25) is 14.4 Å². The Hall–Kier alpha value is -4.02. The molecule has 0 unspecified atom stereocenters. The first-order valence-corrected chi connectivity index (χ1v) is 14.2. The van der Waals surface area contributed by atoms with Gasteiger partial charge < -0.3 is 25.4 Å². The zero-order valence-corrected chi connectivity index (χ0v) is 24.6. The van der Waals surface area contributed by atoms with Gasteiger partial charge in [-0.15, -0.1) is 0 Å². The van der Waals surface area contributed by atoms with E-state index in [-0.39, 0.29) is 13.0 Å². The van der Waals surface area contributed by atoms with Gasteiger partial charge in [0, 0.05) is 13.0 Å². The van der Waals surface area contributed by atoms with E-state index in [2.05, 4.69) is 10.6 Å². The number of hydrogen-bond acceptors (Lipinski definition) is 5. The number of amides is 3. The topological polar surface area (TPSA) is 108 Å². The van der Waals surface area contributed by atoms with Gasteiger partial charge in [0.1, 0.15) is 11.8 Å². The van der Waals surface area contributed by atoms with Crippen LogP contribution in [0.15, 0.2) is 72.8 Å². The summed E-state index contributed by atoms with van der Waals surface area (Å²) >= 11 is 6.18. The number of hydrogen-bond donors (Lipinski definition) is 3. The van der Waals surface area contributed by atoms with Crippen molar-refractivity contribution in [2.75, 3.05) is 13.2 Å². The molecule has 3 atom stereocenters. The van der Waals surface area contributed by atoms with Crippen molar-refractivity contribution in [3.8, 4) is 5.75 Å². The van der Waals surface area contributed by atoms with Gasteiger partial charge in [0.2, 0.25) is 5.91 Å². The number of nitrogens with one attached hydrogen (secondary N) is 2. The second kappa shape index (κ2) is 14.0. The minimum Gasteiger partial charge on any atom is -0.482 e. The van der Waals surface area contributed by atoms with E-state index in [0.717, 1.165) is 11.1 Å². The van der Waals surface area contributed by atoms with E-state index < -0.39 is 61.4 Å². The third-order valence-electron chi connectivity index (χ3n) is 7.36. The van der Waals surface area contributed by atoms with Crippen molar-refractivity contribution in [1.82, 2.24) is 15.5 Å². The molecule has 3 aromatic rings. The zero-order chi connectivity index (χ0) is 31.1. The molecular weight excluding hydrogens is 580 g/mol. The lowest BCUT2D eigenvalue weighted by Gasteiger charge is -2.30. The highest BCUT2D eigenvalue weighted by Gasteiger charge is 2.51. The molecular formula is C32H34ClF2N3O5. The van der Waals surface area contributed by atoms with Crippen molar-refractivity contribution in [3.05, 3.63) is 100 Å². The maximum Gasteiger partial charge on any atom is 0.267 e. The lowest BCUT2D eigenvalue weighted by molar-refractivity contribution is -0.147. The van der Waals surface area contributed by atoms with Crippen molar-refractivity contribution >= 4 is 29.3 Å². The van der Waals surface area contributed by atoms with Gasteiger partial charge in [-0.25, -0.2) is 8.78 Å². The molecule has 0 spiro atoms. The van der Waals surface area contributed by atoms with Crippen LogP contribution in [-0.2, 0) is 27.3 Å². The van der Waals surface area contributed by atoms with Gasteiger partial charge in [0.05, 0.1) is 17.6 Å². The first-order valence-electron chi connectivity index (χ1n) is 13.8. The van der Waals surface area contributed by atoms with Crippen LogP contribution in [0, 0.1) is 13.8 Å². The van der Waals surface area contributed by atoms with Crippen molar-refractivity contribution in [1.29, 1.82) is 0 Å². The Balaban J connectivity index is 1.49. The number of aliphatic hydroxyl groups excluding tert-OH is 1. The van der Waals surface area contributed by atoms with Crippen LogP contribution in [-0.4, -0.2) is 65.0 Å². The van der Waals surface area contributed by atoms with Crippen molar-refractivity contribution in [2.45, 2.75) is 57.3 Å². The fourth-order valence-electron chi connectivity index (χ4n) is 5.03. The average Bonchev–Trinajstić information content (AvgIpc) is 3.31. The van der Waals surface area contributed by atoms with Crippen LogP contribution in [0.25, 0.3) is 0 Å². The molecule has 4 rings (SSSR count). The molecule has 8 nitrogen and oxygen atoms in total. The van der Waals surface area contributed by atoms with Gasteiger partial charge in [-0.2, -0.15) is 0 Å². The number of benzene rings is 3. The third kappa shape index (κ3) is 8.30. The normalized spacial score (nSPS) is 17.2. The quantitative estimate of drug-likeness (QED) is 0.303. The number of ether oxygens (including phenoxy) is 1. The molecule has 11 heteroatoms. The Kier molecular flexibility index (Phi) is 10.4. The lowest BCUT2D eigenvalue weighted by Crippen LogP contribution is -2.56. The third-order valence-corrected chi connectivity index (χ3v) is 7.66. The van der Waals surface area contributed by atoms with Crippen molar-refractivity contribution in [3.63, 3.8) is 0 Å². The molecule has 3 aromatic carbocycles. The van der Waals surface area contributed by atoms with E-state index >= 15 is 0 Å². The van der Waals surface area contributed by atoms with E-state index in [0.29, 0.717) is 26.8 Å². The maximum absolute atomic E-state index is 14.6. The first kappa shape index (κ1) is 31.9. The molecule has 0 aromatic heterocycles. The Labute approximate surface area is 254 Å². The number of halogens is 3. The summed E-state index contributed by atoms with van der Waals surface area (Å²) in [7, 11) is 0. The number of alkyl halides is 2. The molecule has 1 aliphatic rings. The van der Waals surface area contributed by atoms with Crippen LogP contribution in [0.5, 0.6) is 5.75 Å². The van der Waals surface area contributed by atoms with Crippen LogP contribution in [0.2, 0.25) is 5.02 Å². The highest BCUT2D eigenvalue weighted by Crippen LogP contribution is 2.33. The van der Waals surface area contributed by atoms with E-state index in [4.69, 9.17) is 16.3 Å². The van der Waals surface area contributed by atoms with E-state index in [1.807, 2.05) is 19.1 Å². The second-order valence-electron chi connectivity index (χ2n) is 10.7. The summed E-state index contributed by atoms with van der Waals surface area (Å²) in [6, 6.07) is 18.5. The van der Waals surface area contributed by atoms with Gasteiger partial charge in [-0.05, 0) is 48.6 Å². The van der Waals surface area contributed by atoms with Gasteiger partial charge in [0.25, 0.3) is 17.7 Å². The number of aliphatic hydroxyl groups is 1. The van der Waals surface area contributed by atoms with Gasteiger partial charge in [-0.1, -0.05) is 78.3 Å². The van der Waals surface area contributed by atoms with Crippen LogP contribution in [0.3, 0.4) is 0 Å². The molecule has 0 radical (unpaired) electrons. The Morgan fingerprint density at radius 1 is 1.02 bits per heavy atom. The summed E-state index contributed by atoms with van der Waals surface area (Å²) in [5, 5.41) is 16.7. The molecule has 0 aliphatic carbocycles. The highest BCUT2D eigenvalue weighted by molar-refractivity contribution is 6.32. The average molecular weight is 614 g/mol. The molecule has 3 amide bonds. The fraction of sp³-hybridized carbons (Fsp3) is 0.344. The first-order chi connectivity index (χ1) is 20.4.